The van der Waals surface area contributed by atoms with Crippen LogP contribution in [0.4, 0.5) is 5.82 Å². The van der Waals surface area contributed by atoms with Crippen LogP contribution in [0.5, 0.6) is 0 Å². The van der Waals surface area contributed by atoms with E-state index in [1.54, 1.807) is 0 Å². The molecular formula is C12H14ClN3. The lowest BCUT2D eigenvalue weighted by atomic mass is 10.3. The topological polar surface area (TPSA) is 37.8 Å². The largest absolute Gasteiger partial charge is 0.365 e. The zero-order valence-corrected chi connectivity index (χ0v) is 10.1. The minimum atomic E-state index is 0.191. The molecule has 0 amide bonds. The average Bonchev–Trinajstić information content (AvgIpc) is 2.30. The van der Waals surface area contributed by atoms with Crippen molar-refractivity contribution in [1.29, 1.82) is 0 Å². The highest BCUT2D eigenvalue weighted by atomic mass is 35.5. The Morgan fingerprint density at radius 2 is 1.88 bits per heavy atom. The number of rotatable bonds is 3. The zero-order valence-electron chi connectivity index (χ0n) is 9.37. The summed E-state index contributed by atoms with van der Waals surface area (Å²) in [6, 6.07) is 8.03. The van der Waals surface area contributed by atoms with Gasteiger partial charge in [0.2, 0.25) is 0 Å². The molecule has 0 aliphatic rings. The molecule has 16 heavy (non-hydrogen) atoms. The maximum Gasteiger partial charge on any atom is 0.148 e. The molecule has 0 fully saturated rings. The van der Waals surface area contributed by atoms with Crippen LogP contribution < -0.4 is 5.32 Å². The van der Waals surface area contributed by atoms with Crippen molar-refractivity contribution in [3.8, 4) is 0 Å². The Morgan fingerprint density at radius 3 is 2.50 bits per heavy atom. The van der Waals surface area contributed by atoms with Crippen LogP contribution in [-0.2, 0) is 0 Å². The van der Waals surface area contributed by atoms with E-state index in [1.807, 2.05) is 38.1 Å². The summed E-state index contributed by atoms with van der Waals surface area (Å²) in [5, 5.41) is 3.25. The number of benzene rings is 1. The SMILES string of the molecule is Cc1nc2ccccc2nc1NC(C)CCl. The van der Waals surface area contributed by atoms with Crippen LogP contribution >= 0.6 is 11.6 Å². The lowest BCUT2D eigenvalue weighted by Gasteiger charge is -2.13. The second-order valence-corrected chi connectivity index (χ2v) is 4.15. The van der Waals surface area contributed by atoms with E-state index in [0.717, 1.165) is 22.5 Å². The molecule has 84 valence electrons. The molecule has 2 aromatic rings. The second kappa shape index (κ2) is 4.66. The summed E-state index contributed by atoms with van der Waals surface area (Å²) in [6.07, 6.45) is 0. The van der Waals surface area contributed by atoms with Crippen LogP contribution in [0.25, 0.3) is 11.0 Å². The quantitative estimate of drug-likeness (QED) is 0.832. The van der Waals surface area contributed by atoms with Gasteiger partial charge in [0, 0.05) is 11.9 Å². The first kappa shape index (κ1) is 11.1. The van der Waals surface area contributed by atoms with Crippen molar-refractivity contribution < 1.29 is 0 Å². The van der Waals surface area contributed by atoms with Crippen LogP contribution in [0, 0.1) is 6.92 Å². The number of para-hydroxylation sites is 2. The molecule has 1 unspecified atom stereocenters. The standard InChI is InChI=1S/C12H14ClN3/c1-8(7-13)14-12-9(2)15-10-5-3-4-6-11(10)16-12/h3-6,8H,7H2,1-2H3,(H,14,16). The average molecular weight is 236 g/mol. The predicted octanol–water partition coefficient (Wildman–Crippen LogP) is 2.98. The fourth-order valence-corrected chi connectivity index (χ4v) is 1.57. The van der Waals surface area contributed by atoms with Gasteiger partial charge < -0.3 is 5.32 Å². The summed E-state index contributed by atoms with van der Waals surface area (Å²) < 4.78 is 0. The highest BCUT2D eigenvalue weighted by molar-refractivity contribution is 6.18. The molecule has 1 aromatic heterocycles. The monoisotopic (exact) mass is 235 g/mol. The van der Waals surface area contributed by atoms with Crippen molar-refractivity contribution in [3.63, 3.8) is 0 Å². The van der Waals surface area contributed by atoms with Crippen molar-refractivity contribution in [2.45, 2.75) is 19.9 Å². The Balaban J connectivity index is 2.42. The van der Waals surface area contributed by atoms with Crippen LogP contribution in [0.2, 0.25) is 0 Å². The van der Waals surface area contributed by atoms with Crippen LogP contribution in [-0.4, -0.2) is 21.9 Å². The molecule has 0 aliphatic heterocycles. The van der Waals surface area contributed by atoms with Crippen molar-refractivity contribution in [1.82, 2.24) is 9.97 Å². The Labute approximate surface area is 99.9 Å². The summed E-state index contributed by atoms with van der Waals surface area (Å²) in [5.41, 5.74) is 2.72. The number of alkyl halides is 1. The minimum absolute atomic E-state index is 0.191. The van der Waals surface area contributed by atoms with Gasteiger partial charge in [0.05, 0.1) is 16.7 Å². The van der Waals surface area contributed by atoms with E-state index >= 15 is 0 Å². The number of aryl methyl sites for hydroxylation is 1. The van der Waals surface area contributed by atoms with E-state index < -0.39 is 0 Å². The van der Waals surface area contributed by atoms with E-state index in [9.17, 15) is 0 Å². The molecule has 0 aliphatic carbocycles. The summed E-state index contributed by atoms with van der Waals surface area (Å²) in [4.78, 5) is 9.03. The number of hydrogen-bond donors (Lipinski definition) is 1. The lowest BCUT2D eigenvalue weighted by Crippen LogP contribution is -2.18. The van der Waals surface area contributed by atoms with Crippen molar-refractivity contribution >= 4 is 28.5 Å². The highest BCUT2D eigenvalue weighted by Crippen LogP contribution is 2.16. The van der Waals surface area contributed by atoms with Gasteiger partial charge in [-0.05, 0) is 26.0 Å². The fourth-order valence-electron chi connectivity index (χ4n) is 1.50. The van der Waals surface area contributed by atoms with Crippen LogP contribution in [0.1, 0.15) is 12.6 Å². The van der Waals surface area contributed by atoms with Crippen molar-refractivity contribution in [3.05, 3.63) is 30.0 Å². The van der Waals surface area contributed by atoms with Gasteiger partial charge in [-0.3, -0.25) is 0 Å². The summed E-state index contributed by atoms with van der Waals surface area (Å²) in [5.74, 6) is 1.36. The third-order valence-corrected chi connectivity index (χ3v) is 2.82. The van der Waals surface area contributed by atoms with Gasteiger partial charge in [0.1, 0.15) is 5.82 Å². The number of anilines is 1. The third kappa shape index (κ3) is 2.25. The minimum Gasteiger partial charge on any atom is -0.365 e. The molecule has 0 saturated heterocycles. The molecule has 2 rings (SSSR count). The maximum atomic E-state index is 5.76. The number of nitrogens with zero attached hydrogens (tertiary/aromatic N) is 2. The molecule has 0 bridgehead atoms. The Bertz CT molecular complexity index is 499. The maximum absolute atomic E-state index is 5.76. The van der Waals surface area contributed by atoms with Gasteiger partial charge in [-0.1, -0.05) is 12.1 Å². The number of fused-ring (bicyclic) bond motifs is 1. The van der Waals surface area contributed by atoms with Crippen LogP contribution in [0.15, 0.2) is 24.3 Å². The van der Waals surface area contributed by atoms with Crippen LogP contribution in [0.3, 0.4) is 0 Å². The molecule has 1 aromatic carbocycles. The number of nitrogens with one attached hydrogen (secondary N) is 1. The van der Waals surface area contributed by atoms with Gasteiger partial charge >= 0.3 is 0 Å². The molecular weight excluding hydrogens is 222 g/mol. The highest BCUT2D eigenvalue weighted by Gasteiger charge is 2.07. The van der Waals surface area contributed by atoms with Crippen molar-refractivity contribution in [2.24, 2.45) is 0 Å². The first-order valence-electron chi connectivity index (χ1n) is 5.26. The van der Waals surface area contributed by atoms with Gasteiger partial charge in [0.15, 0.2) is 0 Å². The van der Waals surface area contributed by atoms with Gasteiger partial charge in [-0.15, -0.1) is 11.6 Å². The fraction of sp³-hybridized carbons (Fsp3) is 0.333. The summed E-state index contributed by atoms with van der Waals surface area (Å²) in [6.45, 7) is 3.96. The molecule has 1 N–H and O–H groups in total. The third-order valence-electron chi connectivity index (χ3n) is 2.36. The molecule has 0 radical (unpaired) electrons. The first-order chi connectivity index (χ1) is 7.70. The summed E-state index contributed by atoms with van der Waals surface area (Å²) >= 11 is 5.76. The molecule has 1 atom stereocenters. The van der Waals surface area contributed by atoms with E-state index in [-0.39, 0.29) is 6.04 Å². The molecule has 0 saturated carbocycles. The molecule has 4 heteroatoms. The van der Waals surface area contributed by atoms with Gasteiger partial charge in [0.25, 0.3) is 0 Å². The van der Waals surface area contributed by atoms with E-state index in [2.05, 4.69) is 15.3 Å². The Morgan fingerprint density at radius 1 is 1.25 bits per heavy atom. The van der Waals surface area contributed by atoms with Gasteiger partial charge in [-0.2, -0.15) is 0 Å². The molecule has 3 nitrogen and oxygen atoms in total. The predicted molar refractivity (Wildman–Crippen MR) is 68.1 cm³/mol. The number of aromatic nitrogens is 2. The number of hydrogen-bond acceptors (Lipinski definition) is 3. The normalized spacial score (nSPS) is 12.7. The Hall–Kier alpha value is -1.35. The summed E-state index contributed by atoms with van der Waals surface area (Å²) in [7, 11) is 0. The first-order valence-corrected chi connectivity index (χ1v) is 5.80. The van der Waals surface area contributed by atoms with E-state index in [4.69, 9.17) is 11.6 Å². The molecule has 1 heterocycles. The van der Waals surface area contributed by atoms with E-state index in [0.29, 0.717) is 5.88 Å². The van der Waals surface area contributed by atoms with E-state index in [1.165, 1.54) is 0 Å². The smallest absolute Gasteiger partial charge is 0.148 e. The van der Waals surface area contributed by atoms with Gasteiger partial charge in [-0.25, -0.2) is 9.97 Å². The number of halogens is 1. The Kier molecular flexibility index (Phi) is 3.25. The van der Waals surface area contributed by atoms with Crippen molar-refractivity contribution in [2.75, 3.05) is 11.2 Å². The second-order valence-electron chi connectivity index (χ2n) is 3.85. The lowest BCUT2D eigenvalue weighted by molar-refractivity contribution is 0.891. The molecule has 0 spiro atoms. The zero-order chi connectivity index (χ0) is 11.5.